The third kappa shape index (κ3) is 3.13. The van der Waals surface area contributed by atoms with E-state index in [4.69, 9.17) is 15.2 Å². The lowest BCUT2D eigenvalue weighted by atomic mass is 9.46. The van der Waals surface area contributed by atoms with E-state index in [-0.39, 0.29) is 34.7 Å². The van der Waals surface area contributed by atoms with Crippen molar-refractivity contribution in [2.45, 2.75) is 70.1 Å². The molecule has 7 heteroatoms. The second-order valence-corrected chi connectivity index (χ2v) is 11.9. The van der Waals surface area contributed by atoms with Gasteiger partial charge in [0.2, 0.25) is 0 Å². The monoisotopic (exact) mass is 493 g/mol. The molecule has 0 spiro atoms. The van der Waals surface area contributed by atoms with Crippen LogP contribution in [0.15, 0.2) is 48.1 Å². The minimum absolute atomic E-state index is 0.00732. The zero-order chi connectivity index (χ0) is 25.5. The highest BCUT2D eigenvalue weighted by Crippen LogP contribution is 2.69. The Balaban J connectivity index is 1.34. The summed E-state index contributed by atoms with van der Waals surface area (Å²) in [6, 6.07) is 7.50. The van der Waals surface area contributed by atoms with Crippen LogP contribution in [0.25, 0.3) is 0 Å². The van der Waals surface area contributed by atoms with E-state index < -0.39 is 36.1 Å². The van der Waals surface area contributed by atoms with Gasteiger partial charge in [-0.15, -0.1) is 0 Å². The van der Waals surface area contributed by atoms with Gasteiger partial charge in [-0.3, -0.25) is 9.59 Å². The van der Waals surface area contributed by atoms with Gasteiger partial charge < -0.3 is 25.4 Å². The second-order valence-electron chi connectivity index (χ2n) is 11.9. The Labute approximate surface area is 211 Å². The summed E-state index contributed by atoms with van der Waals surface area (Å²) in [6.07, 6.45) is 6.70. The molecule has 3 saturated carbocycles. The highest BCUT2D eigenvalue weighted by molar-refractivity contribution is 6.01. The van der Waals surface area contributed by atoms with Crippen molar-refractivity contribution in [3.05, 3.63) is 53.6 Å². The smallest absolute Gasteiger partial charge is 0.193 e. The number of hydrogen-bond acceptors (Lipinski definition) is 7. The highest BCUT2D eigenvalue weighted by Gasteiger charge is 2.75. The maximum atomic E-state index is 13.5. The number of carbonyl (C=O) groups excluding carboxylic acids is 2. The molecule has 4 aliphatic carbocycles. The average Bonchev–Trinajstić information content (AvgIpc) is 3.32. The first-order valence-corrected chi connectivity index (χ1v) is 13.1. The fraction of sp³-hybridized carbons (Fsp3) is 0.586. The Kier molecular flexibility index (Phi) is 5.40. The third-order valence-corrected chi connectivity index (χ3v) is 10.2. The van der Waals surface area contributed by atoms with Crippen LogP contribution in [-0.4, -0.2) is 52.5 Å². The van der Waals surface area contributed by atoms with Gasteiger partial charge in [0.05, 0.1) is 12.2 Å². The minimum atomic E-state index is -1.30. The van der Waals surface area contributed by atoms with E-state index in [1.807, 2.05) is 37.3 Å². The molecule has 5 aliphatic rings. The molecule has 0 bridgehead atoms. The fourth-order valence-electron chi connectivity index (χ4n) is 8.70. The Morgan fingerprint density at radius 3 is 2.69 bits per heavy atom. The number of ketones is 2. The second kappa shape index (κ2) is 8.09. The first-order chi connectivity index (χ1) is 17.1. The number of benzene rings is 1. The molecule has 7 nitrogen and oxygen atoms in total. The van der Waals surface area contributed by atoms with Crippen LogP contribution in [0.1, 0.15) is 45.1 Å². The van der Waals surface area contributed by atoms with Crippen LogP contribution in [0.5, 0.6) is 0 Å². The van der Waals surface area contributed by atoms with E-state index in [0.717, 1.165) is 24.0 Å². The van der Waals surface area contributed by atoms with E-state index in [1.165, 1.54) is 0 Å². The van der Waals surface area contributed by atoms with E-state index in [0.29, 0.717) is 24.9 Å². The van der Waals surface area contributed by atoms with E-state index in [9.17, 15) is 19.8 Å². The number of nitrogens with two attached hydrogens (primary N) is 1. The Morgan fingerprint density at radius 2 is 1.97 bits per heavy atom. The van der Waals surface area contributed by atoms with E-state index in [1.54, 1.807) is 12.2 Å². The molecular formula is C29H35NO6. The molecule has 0 amide bonds. The lowest BCUT2D eigenvalue weighted by Gasteiger charge is -2.59. The van der Waals surface area contributed by atoms with Crippen molar-refractivity contribution in [3.8, 4) is 0 Å². The zero-order valence-corrected chi connectivity index (χ0v) is 20.9. The molecule has 1 aromatic carbocycles. The summed E-state index contributed by atoms with van der Waals surface area (Å²) in [5.74, 6) is -0.170. The highest BCUT2D eigenvalue weighted by atomic mass is 16.7. The lowest BCUT2D eigenvalue weighted by Crippen LogP contribution is -2.63. The zero-order valence-electron chi connectivity index (χ0n) is 20.9. The molecule has 4 N–H and O–H groups in total. The van der Waals surface area contributed by atoms with E-state index >= 15 is 0 Å². The lowest BCUT2D eigenvalue weighted by molar-refractivity contribution is -0.199. The number of rotatable bonds is 4. The van der Waals surface area contributed by atoms with Crippen LogP contribution in [0, 0.1) is 28.6 Å². The van der Waals surface area contributed by atoms with Crippen molar-refractivity contribution < 1.29 is 29.3 Å². The molecular weight excluding hydrogens is 458 g/mol. The summed E-state index contributed by atoms with van der Waals surface area (Å²) in [6.45, 7) is 3.55. The molecule has 9 atom stereocenters. The topological polar surface area (TPSA) is 119 Å². The molecule has 1 aliphatic heterocycles. The molecule has 0 aromatic heterocycles. The molecule has 1 aromatic rings. The maximum absolute atomic E-state index is 13.5. The number of nitrogen functional groups attached to an aromatic ring is 1. The van der Waals surface area contributed by atoms with Crippen molar-refractivity contribution in [3.63, 3.8) is 0 Å². The van der Waals surface area contributed by atoms with Gasteiger partial charge in [0.1, 0.15) is 6.61 Å². The molecule has 36 heavy (non-hydrogen) atoms. The molecule has 1 saturated heterocycles. The number of aliphatic hydroxyl groups excluding tert-OH is 2. The molecule has 6 rings (SSSR count). The van der Waals surface area contributed by atoms with E-state index in [2.05, 4.69) is 6.92 Å². The Hall–Kier alpha value is -2.32. The SMILES string of the molecule is C[C@]12C=CC(=O)C=C1CC[C@@H]1[C@@H]2[C@@H](O)C[C@@]2(C)[C@H]1C[C@H]1OC(Cc3ccc(N)cc3)OC12C(=O)CO. The summed E-state index contributed by atoms with van der Waals surface area (Å²) < 4.78 is 13.0. The van der Waals surface area contributed by atoms with Gasteiger partial charge in [0.25, 0.3) is 0 Å². The number of hydrogen-bond donors (Lipinski definition) is 3. The van der Waals surface area contributed by atoms with Gasteiger partial charge >= 0.3 is 0 Å². The van der Waals surface area contributed by atoms with Crippen LogP contribution in [-0.2, 0) is 25.5 Å². The number of anilines is 1. The third-order valence-electron chi connectivity index (χ3n) is 10.2. The number of fused-ring (bicyclic) bond motifs is 7. The van der Waals surface area contributed by atoms with Crippen LogP contribution >= 0.6 is 0 Å². The van der Waals surface area contributed by atoms with Crippen LogP contribution in [0.4, 0.5) is 5.69 Å². The Morgan fingerprint density at radius 1 is 1.22 bits per heavy atom. The largest absolute Gasteiger partial charge is 0.399 e. The Bertz CT molecular complexity index is 1160. The van der Waals surface area contributed by atoms with Gasteiger partial charge in [-0.05, 0) is 67.4 Å². The average molecular weight is 494 g/mol. The summed E-state index contributed by atoms with van der Waals surface area (Å²) >= 11 is 0. The number of carbonyl (C=O) groups is 2. The molecule has 1 heterocycles. The normalized spacial score (nSPS) is 44.9. The summed E-state index contributed by atoms with van der Waals surface area (Å²) in [4.78, 5) is 25.6. The number of aliphatic hydroxyl groups is 2. The minimum Gasteiger partial charge on any atom is -0.399 e. The summed E-state index contributed by atoms with van der Waals surface area (Å²) in [5, 5.41) is 21.7. The van der Waals surface area contributed by atoms with Crippen molar-refractivity contribution in [1.82, 2.24) is 0 Å². The van der Waals surface area contributed by atoms with Crippen molar-refractivity contribution in [2.24, 2.45) is 28.6 Å². The van der Waals surface area contributed by atoms with Crippen molar-refractivity contribution in [2.75, 3.05) is 12.3 Å². The van der Waals surface area contributed by atoms with Gasteiger partial charge in [-0.1, -0.05) is 37.6 Å². The standard InChI is InChI=1S/C29H35NO6/c1-27-10-9-19(32)12-17(27)5-8-20-21-13-24-29(23(34)15-31,28(21,2)14-22(33)26(20)27)36-25(35-24)11-16-3-6-18(30)7-4-16/h3-4,6-7,9-10,12,20-22,24-26,31,33H,5,8,11,13-15,30H2,1-2H3/t20-,21-,22-,24+,25?,26+,27-,28-,29?/m0/s1. The number of ether oxygens (including phenoxy) is 2. The van der Waals surface area contributed by atoms with Gasteiger partial charge in [-0.25, -0.2) is 0 Å². The molecule has 192 valence electrons. The van der Waals surface area contributed by atoms with Crippen molar-refractivity contribution in [1.29, 1.82) is 0 Å². The predicted molar refractivity (Wildman–Crippen MR) is 133 cm³/mol. The van der Waals surface area contributed by atoms with Crippen LogP contribution in [0.2, 0.25) is 0 Å². The van der Waals surface area contributed by atoms with Crippen LogP contribution in [0.3, 0.4) is 0 Å². The van der Waals surface area contributed by atoms with Gasteiger partial charge in [0.15, 0.2) is 23.5 Å². The van der Waals surface area contributed by atoms with Gasteiger partial charge in [-0.2, -0.15) is 0 Å². The molecule has 4 fully saturated rings. The first kappa shape index (κ1) is 24.0. The molecule has 2 unspecified atom stereocenters. The van der Waals surface area contributed by atoms with Gasteiger partial charge in [0, 0.05) is 28.9 Å². The molecule has 0 radical (unpaired) electrons. The predicted octanol–water partition coefficient (Wildman–Crippen LogP) is 2.74. The van der Waals surface area contributed by atoms with Crippen molar-refractivity contribution >= 4 is 17.3 Å². The summed E-state index contributed by atoms with van der Waals surface area (Å²) in [7, 11) is 0. The number of Topliss-reactive ketones (excluding diaryl/α,β-unsaturated/α-hetero) is 1. The maximum Gasteiger partial charge on any atom is 0.193 e. The number of allylic oxidation sites excluding steroid dienone is 4. The quantitative estimate of drug-likeness (QED) is 0.552. The first-order valence-electron chi connectivity index (χ1n) is 13.1. The summed E-state index contributed by atoms with van der Waals surface area (Å²) in [5.41, 5.74) is 6.21. The van der Waals surface area contributed by atoms with Crippen LogP contribution < -0.4 is 5.73 Å². The fourth-order valence-corrected chi connectivity index (χ4v) is 8.70.